The molecular weight excluding hydrogens is 282 g/mol. The Labute approximate surface area is 109 Å². The predicted molar refractivity (Wildman–Crippen MR) is 67.2 cm³/mol. The lowest BCUT2D eigenvalue weighted by atomic mass is 10.0. The first kappa shape index (κ1) is 11.3. The minimum Gasteiger partial charge on any atom is -0.452 e. The SMILES string of the molecule is CN(Cc1ccc(Br)o1)C(=O)C1CC2CC2C1. The van der Waals surface area contributed by atoms with Crippen LogP contribution in [0.1, 0.15) is 25.0 Å². The molecule has 0 saturated heterocycles. The van der Waals surface area contributed by atoms with Crippen molar-refractivity contribution in [3.05, 3.63) is 22.6 Å². The van der Waals surface area contributed by atoms with Gasteiger partial charge in [-0.15, -0.1) is 0 Å². The van der Waals surface area contributed by atoms with Crippen LogP contribution in [0.15, 0.2) is 21.2 Å². The Morgan fingerprint density at radius 2 is 2.12 bits per heavy atom. The van der Waals surface area contributed by atoms with Crippen LogP contribution < -0.4 is 0 Å². The van der Waals surface area contributed by atoms with E-state index in [-0.39, 0.29) is 11.8 Å². The van der Waals surface area contributed by atoms with Crippen molar-refractivity contribution in [3.8, 4) is 0 Å². The number of carbonyl (C=O) groups is 1. The zero-order valence-corrected chi connectivity index (χ0v) is 11.4. The van der Waals surface area contributed by atoms with Gasteiger partial charge in [-0.2, -0.15) is 0 Å². The molecule has 0 aliphatic heterocycles. The van der Waals surface area contributed by atoms with Gasteiger partial charge in [-0.3, -0.25) is 4.79 Å². The Bertz CT molecular complexity index is 432. The van der Waals surface area contributed by atoms with E-state index in [2.05, 4.69) is 15.9 Å². The summed E-state index contributed by atoms with van der Waals surface area (Å²) < 4.78 is 6.14. The molecule has 1 heterocycles. The Balaban J connectivity index is 1.58. The lowest BCUT2D eigenvalue weighted by molar-refractivity contribution is -0.135. The number of rotatable bonds is 3. The third-order valence-electron chi connectivity index (χ3n) is 3.99. The number of carbonyl (C=O) groups excluding carboxylic acids is 1. The Kier molecular flexibility index (Phi) is 2.77. The maximum atomic E-state index is 12.2. The van der Waals surface area contributed by atoms with Crippen molar-refractivity contribution in [2.75, 3.05) is 7.05 Å². The van der Waals surface area contributed by atoms with Crippen molar-refractivity contribution >= 4 is 21.8 Å². The molecule has 3 nitrogen and oxygen atoms in total. The first-order valence-electron chi connectivity index (χ1n) is 6.12. The van der Waals surface area contributed by atoms with Crippen LogP contribution in [0.2, 0.25) is 0 Å². The molecule has 17 heavy (non-hydrogen) atoms. The van der Waals surface area contributed by atoms with Gasteiger partial charge < -0.3 is 9.32 Å². The van der Waals surface area contributed by atoms with E-state index in [1.165, 1.54) is 6.42 Å². The highest BCUT2D eigenvalue weighted by atomic mass is 79.9. The van der Waals surface area contributed by atoms with Crippen molar-refractivity contribution < 1.29 is 9.21 Å². The molecular formula is C13H16BrNO2. The van der Waals surface area contributed by atoms with Gasteiger partial charge in [0.15, 0.2) is 4.67 Å². The number of nitrogens with zero attached hydrogens (tertiary/aromatic N) is 1. The minimum atomic E-state index is 0.266. The van der Waals surface area contributed by atoms with Gasteiger partial charge in [0.05, 0.1) is 6.54 Å². The molecule has 2 saturated carbocycles. The van der Waals surface area contributed by atoms with Crippen molar-refractivity contribution in [2.45, 2.75) is 25.8 Å². The molecule has 3 rings (SSSR count). The highest BCUT2D eigenvalue weighted by molar-refractivity contribution is 9.10. The molecule has 0 radical (unpaired) electrons. The molecule has 1 aromatic rings. The van der Waals surface area contributed by atoms with Crippen LogP contribution in [0.4, 0.5) is 0 Å². The second-order valence-electron chi connectivity index (χ2n) is 5.32. The average Bonchev–Trinajstić information content (AvgIpc) is 2.72. The fourth-order valence-corrected chi connectivity index (χ4v) is 3.32. The van der Waals surface area contributed by atoms with Gasteiger partial charge in [0, 0.05) is 13.0 Å². The number of halogens is 1. The normalized spacial score (nSPS) is 30.1. The van der Waals surface area contributed by atoms with Crippen molar-refractivity contribution in [1.82, 2.24) is 4.90 Å². The van der Waals surface area contributed by atoms with E-state index in [9.17, 15) is 4.79 Å². The van der Waals surface area contributed by atoms with Crippen LogP contribution >= 0.6 is 15.9 Å². The molecule has 92 valence electrons. The Morgan fingerprint density at radius 3 is 2.71 bits per heavy atom. The average molecular weight is 298 g/mol. The number of fused-ring (bicyclic) bond motifs is 1. The van der Waals surface area contributed by atoms with Crippen LogP contribution in [0.3, 0.4) is 0 Å². The maximum absolute atomic E-state index is 12.2. The van der Waals surface area contributed by atoms with Crippen LogP contribution in [0.5, 0.6) is 0 Å². The smallest absolute Gasteiger partial charge is 0.225 e. The van der Waals surface area contributed by atoms with Crippen LogP contribution in [-0.2, 0) is 11.3 Å². The van der Waals surface area contributed by atoms with Gasteiger partial charge in [0.25, 0.3) is 0 Å². The number of amides is 1. The zero-order chi connectivity index (χ0) is 12.0. The lowest BCUT2D eigenvalue weighted by Crippen LogP contribution is -2.31. The molecule has 1 aromatic heterocycles. The quantitative estimate of drug-likeness (QED) is 0.859. The monoisotopic (exact) mass is 297 g/mol. The van der Waals surface area contributed by atoms with E-state index in [0.29, 0.717) is 6.54 Å². The van der Waals surface area contributed by atoms with E-state index < -0.39 is 0 Å². The summed E-state index contributed by atoms with van der Waals surface area (Å²) in [5.74, 6) is 3.09. The summed E-state index contributed by atoms with van der Waals surface area (Å²) in [4.78, 5) is 14.0. The third kappa shape index (κ3) is 2.28. The topological polar surface area (TPSA) is 33.5 Å². The van der Waals surface area contributed by atoms with Gasteiger partial charge in [-0.1, -0.05) is 0 Å². The van der Waals surface area contributed by atoms with Gasteiger partial charge in [0.2, 0.25) is 5.91 Å². The van der Waals surface area contributed by atoms with Crippen molar-refractivity contribution in [2.24, 2.45) is 17.8 Å². The molecule has 0 N–H and O–H groups in total. The molecule has 0 spiro atoms. The van der Waals surface area contributed by atoms with Crippen LogP contribution in [-0.4, -0.2) is 17.9 Å². The summed E-state index contributed by atoms with van der Waals surface area (Å²) in [5.41, 5.74) is 0. The second kappa shape index (κ2) is 4.16. The molecule has 2 fully saturated rings. The molecule has 2 atom stereocenters. The molecule has 4 heteroatoms. The van der Waals surface area contributed by atoms with Crippen molar-refractivity contribution in [1.29, 1.82) is 0 Å². The first-order valence-corrected chi connectivity index (χ1v) is 6.92. The highest BCUT2D eigenvalue weighted by Crippen LogP contribution is 2.54. The number of furan rings is 1. The second-order valence-corrected chi connectivity index (χ2v) is 6.11. The van der Waals surface area contributed by atoms with E-state index >= 15 is 0 Å². The molecule has 1 amide bonds. The maximum Gasteiger partial charge on any atom is 0.225 e. The Morgan fingerprint density at radius 1 is 1.41 bits per heavy atom. The number of hydrogen-bond acceptors (Lipinski definition) is 2. The molecule has 0 aromatic carbocycles. The van der Waals surface area contributed by atoms with Crippen LogP contribution in [0, 0.1) is 17.8 Å². The van der Waals surface area contributed by atoms with Gasteiger partial charge >= 0.3 is 0 Å². The fourth-order valence-electron chi connectivity index (χ4n) is 2.98. The Hall–Kier alpha value is -0.770. The molecule has 0 bridgehead atoms. The van der Waals surface area contributed by atoms with Gasteiger partial charge in [-0.25, -0.2) is 0 Å². The standard InChI is InChI=1S/C13H16BrNO2/c1-15(7-11-2-3-12(14)17-11)13(16)10-5-8-4-9(8)6-10/h2-3,8-10H,4-7H2,1H3. The third-order valence-corrected chi connectivity index (χ3v) is 4.42. The first-order chi connectivity index (χ1) is 8.13. The summed E-state index contributed by atoms with van der Waals surface area (Å²) in [6.45, 7) is 0.566. The minimum absolute atomic E-state index is 0.266. The fraction of sp³-hybridized carbons (Fsp3) is 0.615. The summed E-state index contributed by atoms with van der Waals surface area (Å²) in [7, 11) is 1.86. The summed E-state index contributed by atoms with van der Waals surface area (Å²) >= 11 is 3.27. The van der Waals surface area contributed by atoms with E-state index in [1.807, 2.05) is 19.2 Å². The highest BCUT2D eigenvalue weighted by Gasteiger charge is 2.48. The molecule has 2 unspecified atom stereocenters. The van der Waals surface area contributed by atoms with E-state index in [1.54, 1.807) is 4.90 Å². The van der Waals surface area contributed by atoms with E-state index in [4.69, 9.17) is 4.42 Å². The van der Waals surface area contributed by atoms with E-state index in [0.717, 1.165) is 35.1 Å². The summed E-state index contributed by atoms with van der Waals surface area (Å²) in [6.07, 6.45) is 3.57. The predicted octanol–water partition coefficient (Wildman–Crippen LogP) is 3.05. The summed E-state index contributed by atoms with van der Waals surface area (Å²) in [6, 6.07) is 3.76. The van der Waals surface area contributed by atoms with Gasteiger partial charge in [0.1, 0.15) is 5.76 Å². The van der Waals surface area contributed by atoms with Gasteiger partial charge in [-0.05, 0) is 59.2 Å². The summed E-state index contributed by atoms with van der Waals surface area (Å²) in [5, 5.41) is 0. The molecule has 2 aliphatic carbocycles. The lowest BCUT2D eigenvalue weighted by Gasteiger charge is -2.20. The largest absolute Gasteiger partial charge is 0.452 e. The van der Waals surface area contributed by atoms with Crippen molar-refractivity contribution in [3.63, 3.8) is 0 Å². The van der Waals surface area contributed by atoms with Crippen LogP contribution in [0.25, 0.3) is 0 Å². The zero-order valence-electron chi connectivity index (χ0n) is 9.86. The molecule has 2 aliphatic rings. The number of hydrogen-bond donors (Lipinski definition) is 0.